The van der Waals surface area contributed by atoms with Gasteiger partial charge in [0.1, 0.15) is 5.82 Å². The highest BCUT2D eigenvalue weighted by Gasteiger charge is 2.25. The lowest BCUT2D eigenvalue weighted by atomic mass is 10.1. The average molecular weight is 429 g/mol. The van der Waals surface area contributed by atoms with Crippen LogP contribution in [0.1, 0.15) is 47.9 Å². The number of carbonyl (C=O) groups excluding carboxylic acids is 1. The molecule has 1 aliphatic rings. The smallest absolute Gasteiger partial charge is 0.253 e. The minimum absolute atomic E-state index is 0.0966. The molecule has 7 nitrogen and oxygen atoms in total. The van der Waals surface area contributed by atoms with Crippen molar-refractivity contribution >= 4 is 28.4 Å². The number of anilines is 1. The monoisotopic (exact) mass is 428 g/mol. The quantitative estimate of drug-likeness (QED) is 0.492. The number of carbonyl (C=O) groups is 1. The minimum atomic E-state index is 0.0966. The van der Waals surface area contributed by atoms with Crippen molar-refractivity contribution in [2.75, 3.05) is 31.1 Å². The molecule has 0 unspecified atom stereocenters. The molecule has 0 saturated carbocycles. The molecule has 0 N–H and O–H groups in total. The third kappa shape index (κ3) is 3.57. The van der Waals surface area contributed by atoms with E-state index in [2.05, 4.69) is 33.3 Å². The van der Waals surface area contributed by atoms with E-state index >= 15 is 0 Å². The molecule has 32 heavy (non-hydrogen) atoms. The van der Waals surface area contributed by atoms with Gasteiger partial charge in [0.15, 0.2) is 5.65 Å². The van der Waals surface area contributed by atoms with E-state index in [9.17, 15) is 4.79 Å². The molecule has 5 rings (SSSR count). The van der Waals surface area contributed by atoms with Gasteiger partial charge in [-0.05, 0) is 37.6 Å². The van der Waals surface area contributed by atoms with E-state index in [1.165, 1.54) is 0 Å². The van der Waals surface area contributed by atoms with Crippen LogP contribution in [0.25, 0.3) is 16.6 Å². The molecule has 0 atom stereocenters. The summed E-state index contributed by atoms with van der Waals surface area (Å²) in [4.78, 5) is 22.4. The second-order valence-electron chi connectivity index (χ2n) is 8.80. The number of aryl methyl sites for hydroxylation is 1. The van der Waals surface area contributed by atoms with Crippen molar-refractivity contribution in [3.63, 3.8) is 0 Å². The average Bonchev–Trinajstić information content (AvgIpc) is 3.10. The number of amides is 1. The van der Waals surface area contributed by atoms with E-state index in [-0.39, 0.29) is 11.8 Å². The first-order valence-corrected chi connectivity index (χ1v) is 11.3. The SMILES string of the molecule is Cc1cccc(C(=O)N2CCCN(c3nc4ccccc4c4nnc(C(C)C)n34)CC2)c1. The summed E-state index contributed by atoms with van der Waals surface area (Å²) in [7, 11) is 0. The first kappa shape index (κ1) is 20.4. The van der Waals surface area contributed by atoms with Gasteiger partial charge in [-0.1, -0.05) is 43.7 Å². The summed E-state index contributed by atoms with van der Waals surface area (Å²) >= 11 is 0. The Kier molecular flexibility index (Phi) is 5.25. The molecule has 2 aromatic carbocycles. The molecule has 0 bridgehead atoms. The molecule has 0 radical (unpaired) electrons. The van der Waals surface area contributed by atoms with Crippen molar-refractivity contribution in [2.24, 2.45) is 0 Å². The van der Waals surface area contributed by atoms with Gasteiger partial charge in [-0.3, -0.25) is 4.79 Å². The number of nitrogens with zero attached hydrogens (tertiary/aromatic N) is 6. The highest BCUT2D eigenvalue weighted by Crippen LogP contribution is 2.27. The van der Waals surface area contributed by atoms with Gasteiger partial charge in [0.25, 0.3) is 5.91 Å². The van der Waals surface area contributed by atoms with Crippen LogP contribution in [0.3, 0.4) is 0 Å². The van der Waals surface area contributed by atoms with Gasteiger partial charge in [-0.25, -0.2) is 9.38 Å². The van der Waals surface area contributed by atoms with Crippen LogP contribution in [0.5, 0.6) is 0 Å². The molecule has 0 aliphatic carbocycles. The maximum Gasteiger partial charge on any atom is 0.253 e. The molecular weight excluding hydrogens is 400 g/mol. The highest BCUT2D eigenvalue weighted by molar-refractivity contribution is 5.94. The summed E-state index contributed by atoms with van der Waals surface area (Å²) in [5.74, 6) is 2.08. The summed E-state index contributed by atoms with van der Waals surface area (Å²) < 4.78 is 2.10. The van der Waals surface area contributed by atoms with Crippen molar-refractivity contribution in [3.8, 4) is 0 Å². The summed E-state index contributed by atoms with van der Waals surface area (Å²) in [5, 5.41) is 10.0. The zero-order valence-electron chi connectivity index (χ0n) is 18.8. The second kappa shape index (κ2) is 8.22. The van der Waals surface area contributed by atoms with Crippen molar-refractivity contribution in [1.82, 2.24) is 24.5 Å². The van der Waals surface area contributed by atoms with E-state index in [1.807, 2.05) is 60.4 Å². The van der Waals surface area contributed by atoms with E-state index in [4.69, 9.17) is 4.98 Å². The van der Waals surface area contributed by atoms with Gasteiger partial charge in [0.05, 0.1) is 5.52 Å². The number of benzene rings is 2. The summed E-state index contributed by atoms with van der Waals surface area (Å²) in [6.07, 6.45) is 0.882. The zero-order chi connectivity index (χ0) is 22.2. The molecule has 7 heteroatoms. The molecule has 1 aliphatic heterocycles. The van der Waals surface area contributed by atoms with Gasteiger partial charge in [0, 0.05) is 43.0 Å². The van der Waals surface area contributed by atoms with Gasteiger partial charge in [-0.15, -0.1) is 10.2 Å². The van der Waals surface area contributed by atoms with E-state index in [0.29, 0.717) is 13.1 Å². The summed E-state index contributed by atoms with van der Waals surface area (Å²) in [5.41, 5.74) is 3.61. The van der Waals surface area contributed by atoms with Crippen LogP contribution in [0.15, 0.2) is 48.5 Å². The van der Waals surface area contributed by atoms with Crippen LogP contribution in [0, 0.1) is 6.92 Å². The number of fused-ring (bicyclic) bond motifs is 3. The van der Waals surface area contributed by atoms with Crippen LogP contribution in [0.4, 0.5) is 5.95 Å². The fourth-order valence-electron chi connectivity index (χ4n) is 4.45. The van der Waals surface area contributed by atoms with Crippen LogP contribution in [0.2, 0.25) is 0 Å². The van der Waals surface area contributed by atoms with E-state index in [0.717, 1.165) is 59.0 Å². The third-order valence-electron chi connectivity index (χ3n) is 6.10. The Hall–Kier alpha value is -3.48. The van der Waals surface area contributed by atoms with Crippen molar-refractivity contribution in [3.05, 3.63) is 65.5 Å². The first-order chi connectivity index (χ1) is 15.5. The Labute approximate surface area is 187 Å². The summed E-state index contributed by atoms with van der Waals surface area (Å²) in [6.45, 7) is 9.20. The molecule has 1 fully saturated rings. The lowest BCUT2D eigenvalue weighted by Crippen LogP contribution is -2.36. The van der Waals surface area contributed by atoms with E-state index in [1.54, 1.807) is 0 Å². The zero-order valence-corrected chi connectivity index (χ0v) is 18.8. The van der Waals surface area contributed by atoms with Gasteiger partial charge < -0.3 is 9.80 Å². The van der Waals surface area contributed by atoms with Crippen molar-refractivity contribution < 1.29 is 4.79 Å². The molecule has 2 aromatic heterocycles. The Morgan fingerprint density at radius 2 is 1.81 bits per heavy atom. The Bertz CT molecular complexity index is 1290. The molecule has 164 valence electrons. The largest absolute Gasteiger partial charge is 0.340 e. The number of rotatable bonds is 3. The number of aromatic nitrogens is 4. The maximum atomic E-state index is 13.1. The Morgan fingerprint density at radius 3 is 2.62 bits per heavy atom. The number of hydrogen-bond donors (Lipinski definition) is 0. The Morgan fingerprint density at radius 1 is 0.969 bits per heavy atom. The van der Waals surface area contributed by atoms with Crippen LogP contribution >= 0.6 is 0 Å². The fraction of sp³-hybridized carbons (Fsp3) is 0.360. The predicted octanol–water partition coefficient (Wildman–Crippen LogP) is 4.06. The molecule has 1 amide bonds. The lowest BCUT2D eigenvalue weighted by molar-refractivity contribution is 0.0767. The molecule has 1 saturated heterocycles. The van der Waals surface area contributed by atoms with Crippen molar-refractivity contribution in [2.45, 2.75) is 33.1 Å². The molecular formula is C25H28N6O. The van der Waals surface area contributed by atoms with Crippen LogP contribution in [-0.2, 0) is 0 Å². The van der Waals surface area contributed by atoms with Gasteiger partial charge >= 0.3 is 0 Å². The van der Waals surface area contributed by atoms with Gasteiger partial charge in [0.2, 0.25) is 5.95 Å². The highest BCUT2D eigenvalue weighted by atomic mass is 16.2. The summed E-state index contributed by atoms with van der Waals surface area (Å²) in [6, 6.07) is 15.9. The van der Waals surface area contributed by atoms with Crippen molar-refractivity contribution in [1.29, 1.82) is 0 Å². The minimum Gasteiger partial charge on any atom is -0.340 e. The van der Waals surface area contributed by atoms with Gasteiger partial charge in [-0.2, -0.15) is 0 Å². The van der Waals surface area contributed by atoms with Crippen LogP contribution < -0.4 is 4.90 Å². The first-order valence-electron chi connectivity index (χ1n) is 11.3. The fourth-order valence-corrected chi connectivity index (χ4v) is 4.45. The van der Waals surface area contributed by atoms with Crippen LogP contribution in [-0.4, -0.2) is 56.6 Å². The molecule has 4 aromatic rings. The standard InChI is InChI=1S/C25H28N6O/c1-17(2)22-27-28-23-20-10-4-5-11-21(20)26-25(31(22)23)30-13-7-12-29(14-15-30)24(32)19-9-6-8-18(3)16-19/h4-6,8-11,16-17H,7,12-15H2,1-3H3. The molecule has 3 heterocycles. The Balaban J connectivity index is 1.50. The predicted molar refractivity (Wildman–Crippen MR) is 126 cm³/mol. The number of hydrogen-bond acceptors (Lipinski definition) is 5. The normalized spacial score (nSPS) is 15.0. The van der Waals surface area contributed by atoms with E-state index < -0.39 is 0 Å². The second-order valence-corrected chi connectivity index (χ2v) is 8.80. The lowest BCUT2D eigenvalue weighted by Gasteiger charge is -2.24. The third-order valence-corrected chi connectivity index (χ3v) is 6.10. The maximum absolute atomic E-state index is 13.1. The molecule has 0 spiro atoms. The topological polar surface area (TPSA) is 66.6 Å². The number of para-hydroxylation sites is 1.